The molecule has 0 aliphatic carbocycles. The molecule has 0 radical (unpaired) electrons. The van der Waals surface area contributed by atoms with Gasteiger partial charge >= 0.3 is 5.69 Å². The minimum Gasteiger partial charge on any atom is -0.353 e. The zero-order valence-corrected chi connectivity index (χ0v) is 15.3. The predicted molar refractivity (Wildman–Crippen MR) is 105 cm³/mol. The number of nitrogens with zero attached hydrogens (tertiary/aromatic N) is 4. The highest BCUT2D eigenvalue weighted by atomic mass is 16.2. The van der Waals surface area contributed by atoms with Crippen LogP contribution in [0, 0.1) is 6.92 Å². The van der Waals surface area contributed by atoms with Crippen LogP contribution in [-0.2, 0) is 24.9 Å². The van der Waals surface area contributed by atoms with Gasteiger partial charge in [0.05, 0.1) is 22.1 Å². The van der Waals surface area contributed by atoms with Crippen molar-refractivity contribution in [1.29, 1.82) is 0 Å². The molecule has 2 aromatic heterocycles. The van der Waals surface area contributed by atoms with Gasteiger partial charge in [0, 0.05) is 20.1 Å². The van der Waals surface area contributed by atoms with Gasteiger partial charge < -0.3 is 9.88 Å². The van der Waals surface area contributed by atoms with Gasteiger partial charge in [-0.25, -0.2) is 9.78 Å². The van der Waals surface area contributed by atoms with Crippen LogP contribution in [-0.4, -0.2) is 31.1 Å². The molecule has 1 amide bonds. The fourth-order valence-corrected chi connectivity index (χ4v) is 3.50. The Morgan fingerprint density at radius 2 is 1.67 bits per heavy atom. The van der Waals surface area contributed by atoms with Crippen LogP contribution in [0.2, 0.25) is 0 Å². The van der Waals surface area contributed by atoms with E-state index in [9.17, 15) is 9.59 Å². The van der Waals surface area contributed by atoms with Crippen LogP contribution in [0.5, 0.6) is 0 Å². The van der Waals surface area contributed by atoms with Crippen molar-refractivity contribution >= 4 is 28.0 Å². The van der Waals surface area contributed by atoms with Crippen LogP contribution in [0.3, 0.4) is 0 Å². The second-order valence-corrected chi connectivity index (χ2v) is 6.57. The lowest BCUT2D eigenvalue weighted by Gasteiger charge is -2.09. The molecule has 0 unspecified atom stereocenters. The third-order valence-corrected chi connectivity index (χ3v) is 4.86. The lowest BCUT2D eigenvalue weighted by atomic mass is 10.3. The number of hydrogen-bond acceptors (Lipinski definition) is 3. The molecule has 138 valence electrons. The van der Waals surface area contributed by atoms with E-state index in [-0.39, 0.29) is 18.1 Å². The van der Waals surface area contributed by atoms with Crippen LogP contribution in [0.4, 0.5) is 0 Å². The third kappa shape index (κ3) is 3.01. The minimum absolute atomic E-state index is 0.00381. The Morgan fingerprint density at radius 3 is 2.44 bits per heavy atom. The summed E-state index contributed by atoms with van der Waals surface area (Å²) < 4.78 is 5.14. The molecule has 2 aromatic carbocycles. The Hall–Kier alpha value is -3.35. The molecule has 4 rings (SSSR count). The zero-order valence-electron chi connectivity index (χ0n) is 15.3. The summed E-state index contributed by atoms with van der Waals surface area (Å²) in [5.74, 6) is 0.728. The van der Waals surface area contributed by atoms with Crippen LogP contribution >= 0.6 is 0 Å². The molecule has 1 N–H and O–H groups in total. The Balaban J connectivity index is 1.46. The molecule has 7 heteroatoms. The molecule has 0 aliphatic rings. The smallest absolute Gasteiger partial charge is 0.329 e. The maximum Gasteiger partial charge on any atom is 0.329 e. The maximum absolute atomic E-state index is 12.4. The average molecular weight is 363 g/mol. The topological polar surface area (TPSA) is 73.8 Å². The maximum atomic E-state index is 12.4. The zero-order chi connectivity index (χ0) is 19.0. The van der Waals surface area contributed by atoms with Gasteiger partial charge in [-0.1, -0.05) is 24.3 Å². The fraction of sp³-hybridized carbons (Fsp3) is 0.250. The molecule has 4 aromatic rings. The first-order chi connectivity index (χ1) is 13.1. The molecular weight excluding hydrogens is 342 g/mol. The molecule has 0 fully saturated rings. The van der Waals surface area contributed by atoms with Gasteiger partial charge in [-0.05, 0) is 31.2 Å². The van der Waals surface area contributed by atoms with E-state index in [0.29, 0.717) is 13.1 Å². The molecule has 0 saturated heterocycles. The lowest BCUT2D eigenvalue weighted by Crippen LogP contribution is -2.34. The van der Waals surface area contributed by atoms with Crippen molar-refractivity contribution in [3.63, 3.8) is 0 Å². The number of nitrogens with one attached hydrogen (secondary N) is 1. The van der Waals surface area contributed by atoms with Crippen molar-refractivity contribution in [1.82, 2.24) is 24.0 Å². The van der Waals surface area contributed by atoms with E-state index in [1.165, 1.54) is 4.57 Å². The number of para-hydroxylation sites is 4. The van der Waals surface area contributed by atoms with Crippen molar-refractivity contribution in [2.45, 2.75) is 20.0 Å². The van der Waals surface area contributed by atoms with E-state index in [1.54, 1.807) is 11.6 Å². The Morgan fingerprint density at radius 1 is 1.00 bits per heavy atom. The normalized spacial score (nSPS) is 11.3. The Bertz CT molecular complexity index is 1200. The van der Waals surface area contributed by atoms with Crippen molar-refractivity contribution in [3.8, 4) is 0 Å². The molecule has 2 heterocycles. The molecule has 0 spiro atoms. The number of imidazole rings is 2. The first-order valence-electron chi connectivity index (χ1n) is 8.89. The SMILES string of the molecule is Cc1nc2ccccc2n1CCNC(=O)Cn1c(=O)n(C)c2ccccc21. The van der Waals surface area contributed by atoms with E-state index in [1.807, 2.05) is 55.5 Å². The van der Waals surface area contributed by atoms with E-state index < -0.39 is 0 Å². The number of hydrogen-bond donors (Lipinski definition) is 1. The summed E-state index contributed by atoms with van der Waals surface area (Å²) >= 11 is 0. The number of aryl methyl sites for hydroxylation is 2. The van der Waals surface area contributed by atoms with Gasteiger partial charge in [0.2, 0.25) is 5.91 Å². The van der Waals surface area contributed by atoms with Gasteiger partial charge in [-0.15, -0.1) is 0 Å². The number of benzene rings is 2. The largest absolute Gasteiger partial charge is 0.353 e. The van der Waals surface area contributed by atoms with E-state index in [4.69, 9.17) is 0 Å². The summed E-state index contributed by atoms with van der Waals surface area (Å²) in [6.07, 6.45) is 0. The highest BCUT2D eigenvalue weighted by Crippen LogP contribution is 2.15. The number of amides is 1. The summed E-state index contributed by atoms with van der Waals surface area (Å²) in [6.45, 7) is 3.06. The van der Waals surface area contributed by atoms with E-state index >= 15 is 0 Å². The summed E-state index contributed by atoms with van der Waals surface area (Å²) in [5, 5.41) is 2.91. The second kappa shape index (κ2) is 6.75. The average Bonchev–Trinajstić information content (AvgIpc) is 3.11. The second-order valence-electron chi connectivity index (χ2n) is 6.57. The van der Waals surface area contributed by atoms with Crippen LogP contribution in [0.25, 0.3) is 22.1 Å². The predicted octanol–water partition coefficient (Wildman–Crippen LogP) is 1.81. The highest BCUT2D eigenvalue weighted by Gasteiger charge is 2.13. The van der Waals surface area contributed by atoms with Crippen molar-refractivity contribution in [3.05, 3.63) is 64.8 Å². The van der Waals surface area contributed by atoms with Gasteiger partial charge in [-0.2, -0.15) is 0 Å². The van der Waals surface area contributed by atoms with Crippen molar-refractivity contribution in [2.75, 3.05) is 6.54 Å². The monoisotopic (exact) mass is 363 g/mol. The van der Waals surface area contributed by atoms with Gasteiger partial charge in [-0.3, -0.25) is 13.9 Å². The minimum atomic E-state index is -0.192. The number of fused-ring (bicyclic) bond motifs is 2. The standard InChI is InChI=1S/C20H21N5O2/c1-14-22-15-7-3-4-8-16(15)24(14)12-11-21-19(26)13-25-18-10-6-5-9-17(18)23(2)20(25)27/h3-10H,11-13H2,1-2H3,(H,21,26). The van der Waals surface area contributed by atoms with E-state index in [0.717, 1.165) is 27.9 Å². The van der Waals surface area contributed by atoms with Gasteiger partial charge in [0.15, 0.2) is 0 Å². The third-order valence-electron chi connectivity index (χ3n) is 4.86. The molecule has 0 bridgehead atoms. The molecule has 0 atom stereocenters. The quantitative estimate of drug-likeness (QED) is 0.588. The highest BCUT2D eigenvalue weighted by molar-refractivity contribution is 5.81. The summed E-state index contributed by atoms with van der Waals surface area (Å²) in [4.78, 5) is 29.3. The molecule has 7 nitrogen and oxygen atoms in total. The Kier molecular flexibility index (Phi) is 4.27. The molecule has 0 saturated carbocycles. The molecule has 0 aliphatic heterocycles. The van der Waals surface area contributed by atoms with E-state index in [2.05, 4.69) is 14.9 Å². The van der Waals surface area contributed by atoms with Crippen molar-refractivity contribution in [2.24, 2.45) is 7.05 Å². The fourth-order valence-electron chi connectivity index (χ4n) is 3.50. The van der Waals surface area contributed by atoms with Crippen LogP contribution in [0.1, 0.15) is 5.82 Å². The van der Waals surface area contributed by atoms with Gasteiger partial charge in [0.1, 0.15) is 12.4 Å². The van der Waals surface area contributed by atoms with Crippen LogP contribution in [0.15, 0.2) is 53.3 Å². The Labute approximate surface area is 155 Å². The summed E-state index contributed by atoms with van der Waals surface area (Å²) in [7, 11) is 1.71. The molecular formula is C20H21N5O2. The molecule has 27 heavy (non-hydrogen) atoms. The van der Waals surface area contributed by atoms with Crippen molar-refractivity contribution < 1.29 is 4.79 Å². The summed E-state index contributed by atoms with van der Waals surface area (Å²) in [5.41, 5.74) is 3.38. The first kappa shape index (κ1) is 17.1. The van der Waals surface area contributed by atoms with Crippen LogP contribution < -0.4 is 11.0 Å². The van der Waals surface area contributed by atoms with Gasteiger partial charge in [0.25, 0.3) is 0 Å². The number of rotatable bonds is 5. The number of aromatic nitrogens is 4. The number of carbonyl (C=O) groups is 1. The first-order valence-corrected chi connectivity index (χ1v) is 8.89. The number of carbonyl (C=O) groups excluding carboxylic acids is 1. The summed E-state index contributed by atoms with van der Waals surface area (Å²) in [6, 6.07) is 15.4. The lowest BCUT2D eigenvalue weighted by molar-refractivity contribution is -0.121.